The van der Waals surface area contributed by atoms with Crippen LogP contribution in [0.4, 0.5) is 0 Å². The van der Waals surface area contributed by atoms with Crippen LogP contribution in [0.25, 0.3) is 0 Å². The number of ether oxygens (including phenoxy) is 7. The van der Waals surface area contributed by atoms with Crippen molar-refractivity contribution in [2.75, 3.05) is 6.61 Å². The maximum Gasteiger partial charge on any atom is 0.303 e. The Morgan fingerprint density at radius 3 is 1.84 bits per heavy atom. The third-order valence-electron chi connectivity index (χ3n) is 5.42. The summed E-state index contributed by atoms with van der Waals surface area (Å²) in [6, 6.07) is 9.24. The monoisotopic (exact) mass is 538 g/mol. The molecule has 1 saturated heterocycles. The van der Waals surface area contributed by atoms with Gasteiger partial charge in [0.2, 0.25) is 0 Å². The van der Waals surface area contributed by atoms with Crippen molar-refractivity contribution >= 4 is 29.8 Å². The highest BCUT2D eigenvalue weighted by Crippen LogP contribution is 2.31. The Kier molecular flexibility index (Phi) is 11.7. The molecular formula is C26H34O12. The van der Waals surface area contributed by atoms with E-state index in [4.69, 9.17) is 33.2 Å². The number of esters is 5. The molecule has 1 aromatic carbocycles. The normalized spacial score (nSPS) is 24.3. The molecule has 1 heterocycles. The minimum Gasteiger partial charge on any atom is -0.463 e. The van der Waals surface area contributed by atoms with Crippen molar-refractivity contribution in [1.29, 1.82) is 0 Å². The molecule has 1 aromatic rings. The molecule has 0 amide bonds. The first-order valence-electron chi connectivity index (χ1n) is 12.0. The molecule has 1 aliphatic heterocycles. The largest absolute Gasteiger partial charge is 0.463 e. The van der Waals surface area contributed by atoms with E-state index in [1.165, 1.54) is 13.8 Å². The van der Waals surface area contributed by atoms with E-state index in [1.807, 2.05) is 30.3 Å². The van der Waals surface area contributed by atoms with Gasteiger partial charge in [-0.2, -0.15) is 0 Å². The first-order chi connectivity index (χ1) is 17.9. The molecule has 0 unspecified atom stereocenters. The molecule has 12 nitrogen and oxygen atoms in total. The van der Waals surface area contributed by atoms with Gasteiger partial charge in [-0.05, 0) is 12.5 Å². The number of carbonyl (C=O) groups is 5. The van der Waals surface area contributed by atoms with Crippen molar-refractivity contribution in [3.63, 3.8) is 0 Å². The highest BCUT2D eigenvalue weighted by atomic mass is 16.7. The van der Waals surface area contributed by atoms with Crippen molar-refractivity contribution in [1.82, 2.24) is 0 Å². The first kappa shape index (κ1) is 30.7. The summed E-state index contributed by atoms with van der Waals surface area (Å²) in [4.78, 5) is 59.2. The van der Waals surface area contributed by atoms with Gasteiger partial charge in [0.15, 0.2) is 24.6 Å². The third kappa shape index (κ3) is 9.75. The SMILES string of the molecule is CC(=O)OC[C@H]1O[C@@H](O[C@@H](C)[C@H](Cc2ccccc2)OC(C)=O)[C@H](OC(C)=O)[C@@H](OC(C)=O)[C@@H]1OC(C)=O. The summed E-state index contributed by atoms with van der Waals surface area (Å²) >= 11 is 0. The second-order valence-electron chi connectivity index (χ2n) is 8.75. The summed E-state index contributed by atoms with van der Waals surface area (Å²) in [7, 11) is 0. The van der Waals surface area contributed by atoms with E-state index in [-0.39, 0.29) is 6.61 Å². The zero-order chi connectivity index (χ0) is 28.4. The fraction of sp³-hybridized carbons (Fsp3) is 0.577. The second-order valence-corrected chi connectivity index (χ2v) is 8.75. The molecule has 0 radical (unpaired) electrons. The molecule has 38 heavy (non-hydrogen) atoms. The van der Waals surface area contributed by atoms with Gasteiger partial charge in [-0.1, -0.05) is 30.3 Å². The van der Waals surface area contributed by atoms with Crippen LogP contribution in [-0.2, 0) is 63.6 Å². The predicted octanol–water partition coefficient (Wildman–Crippen LogP) is 1.65. The Labute approximate surface area is 220 Å². The summed E-state index contributed by atoms with van der Waals surface area (Å²) in [5, 5.41) is 0. The van der Waals surface area contributed by atoms with E-state index in [1.54, 1.807) is 6.92 Å². The molecule has 210 valence electrons. The van der Waals surface area contributed by atoms with Crippen molar-refractivity contribution in [2.24, 2.45) is 0 Å². The Balaban J connectivity index is 2.42. The maximum atomic E-state index is 12.0. The number of rotatable bonds is 11. The molecule has 0 aliphatic carbocycles. The lowest BCUT2D eigenvalue weighted by atomic mass is 9.97. The predicted molar refractivity (Wildman–Crippen MR) is 128 cm³/mol. The van der Waals surface area contributed by atoms with Crippen LogP contribution in [0.15, 0.2) is 30.3 Å². The molecule has 12 heteroatoms. The molecule has 0 aromatic heterocycles. The van der Waals surface area contributed by atoms with Gasteiger partial charge in [0.25, 0.3) is 0 Å². The van der Waals surface area contributed by atoms with E-state index in [0.717, 1.165) is 26.3 Å². The van der Waals surface area contributed by atoms with E-state index < -0.39 is 72.8 Å². The zero-order valence-corrected chi connectivity index (χ0v) is 22.2. The Hall–Kier alpha value is -3.51. The van der Waals surface area contributed by atoms with Gasteiger partial charge in [0, 0.05) is 41.0 Å². The lowest BCUT2D eigenvalue weighted by Crippen LogP contribution is -2.63. The molecule has 1 fully saturated rings. The molecule has 0 saturated carbocycles. The Bertz CT molecular complexity index is 978. The number of hydrogen-bond acceptors (Lipinski definition) is 12. The topological polar surface area (TPSA) is 150 Å². The van der Waals surface area contributed by atoms with Crippen molar-refractivity contribution in [3.05, 3.63) is 35.9 Å². The van der Waals surface area contributed by atoms with Crippen molar-refractivity contribution < 1.29 is 57.1 Å². The standard InChI is InChI=1S/C26H34O12/c1-14(21(34-16(3)28)12-20-10-8-7-9-11-20)33-26-25(37-19(6)31)24(36-18(5)30)23(35-17(4)29)22(38-26)13-32-15(2)27/h7-11,14,21-26H,12-13H2,1-6H3/t14-,21-,22+,23+,24-,25+,26+/m0/s1. The zero-order valence-electron chi connectivity index (χ0n) is 22.2. The molecule has 0 bridgehead atoms. The summed E-state index contributed by atoms with van der Waals surface area (Å²) in [5.41, 5.74) is 0.871. The minimum absolute atomic E-state index is 0.298. The van der Waals surface area contributed by atoms with Crippen LogP contribution in [0.5, 0.6) is 0 Å². The van der Waals surface area contributed by atoms with Gasteiger partial charge in [0.1, 0.15) is 18.8 Å². The number of benzene rings is 1. The van der Waals surface area contributed by atoms with E-state index in [0.29, 0.717) is 6.42 Å². The lowest BCUT2D eigenvalue weighted by Gasteiger charge is -2.45. The highest BCUT2D eigenvalue weighted by Gasteiger charge is 2.53. The smallest absolute Gasteiger partial charge is 0.303 e. The summed E-state index contributed by atoms with van der Waals surface area (Å²) < 4.78 is 38.8. The van der Waals surface area contributed by atoms with Gasteiger partial charge in [0.05, 0.1) is 6.10 Å². The van der Waals surface area contributed by atoms with Crippen LogP contribution in [0.3, 0.4) is 0 Å². The minimum atomic E-state index is -1.39. The number of hydrogen-bond donors (Lipinski definition) is 0. The molecule has 2 rings (SSSR count). The summed E-state index contributed by atoms with van der Waals surface area (Å²) in [5.74, 6) is -3.42. The molecule has 0 N–H and O–H groups in total. The van der Waals surface area contributed by atoms with Crippen molar-refractivity contribution in [2.45, 2.75) is 90.9 Å². The van der Waals surface area contributed by atoms with Gasteiger partial charge >= 0.3 is 29.8 Å². The van der Waals surface area contributed by atoms with Crippen LogP contribution >= 0.6 is 0 Å². The average molecular weight is 539 g/mol. The van der Waals surface area contributed by atoms with Gasteiger partial charge in [-0.15, -0.1) is 0 Å². The molecule has 7 atom stereocenters. The molecule has 0 spiro atoms. The third-order valence-corrected chi connectivity index (χ3v) is 5.42. The van der Waals surface area contributed by atoms with Crippen LogP contribution < -0.4 is 0 Å². The van der Waals surface area contributed by atoms with Crippen LogP contribution in [0.1, 0.15) is 47.1 Å². The fourth-order valence-electron chi connectivity index (χ4n) is 3.96. The van der Waals surface area contributed by atoms with E-state index in [2.05, 4.69) is 0 Å². The van der Waals surface area contributed by atoms with E-state index >= 15 is 0 Å². The van der Waals surface area contributed by atoms with Crippen LogP contribution in [0.2, 0.25) is 0 Å². The number of carbonyl (C=O) groups excluding carboxylic acids is 5. The van der Waals surface area contributed by atoms with Crippen molar-refractivity contribution in [3.8, 4) is 0 Å². The Morgan fingerprint density at radius 1 is 0.763 bits per heavy atom. The maximum absolute atomic E-state index is 12.0. The van der Waals surface area contributed by atoms with Crippen LogP contribution in [0, 0.1) is 0 Å². The van der Waals surface area contributed by atoms with Crippen LogP contribution in [-0.4, -0.2) is 79.4 Å². The Morgan fingerprint density at radius 2 is 1.32 bits per heavy atom. The first-order valence-corrected chi connectivity index (χ1v) is 12.0. The highest BCUT2D eigenvalue weighted by molar-refractivity contribution is 5.69. The summed E-state index contributed by atoms with van der Waals surface area (Å²) in [6.07, 6.45) is -7.89. The molecule has 1 aliphatic rings. The summed E-state index contributed by atoms with van der Waals surface area (Å²) in [6.45, 7) is 7.08. The second kappa shape index (κ2) is 14.4. The van der Waals surface area contributed by atoms with E-state index in [9.17, 15) is 24.0 Å². The van der Waals surface area contributed by atoms with Gasteiger partial charge < -0.3 is 33.2 Å². The quantitative estimate of drug-likeness (QED) is 0.298. The lowest BCUT2D eigenvalue weighted by molar-refractivity contribution is -0.320. The van der Waals surface area contributed by atoms with Gasteiger partial charge in [-0.3, -0.25) is 24.0 Å². The van der Waals surface area contributed by atoms with Gasteiger partial charge in [-0.25, -0.2) is 0 Å². The fourth-order valence-corrected chi connectivity index (χ4v) is 3.96. The average Bonchev–Trinajstić information content (AvgIpc) is 2.80. The molecular weight excluding hydrogens is 504 g/mol.